The quantitative estimate of drug-likeness (QED) is 0.813. The molecule has 1 aliphatic rings. The molecule has 0 spiro atoms. The van der Waals surface area contributed by atoms with Crippen molar-refractivity contribution in [3.05, 3.63) is 30.1 Å². The zero-order chi connectivity index (χ0) is 12.4. The first-order valence-corrected chi connectivity index (χ1v) is 6.52. The van der Waals surface area contributed by atoms with Crippen LogP contribution in [0.3, 0.4) is 0 Å². The van der Waals surface area contributed by atoms with Gasteiger partial charge in [0.25, 0.3) is 0 Å². The van der Waals surface area contributed by atoms with Crippen molar-refractivity contribution in [3.63, 3.8) is 0 Å². The van der Waals surface area contributed by atoms with Crippen molar-refractivity contribution in [3.8, 4) is 0 Å². The van der Waals surface area contributed by atoms with Crippen LogP contribution in [-0.4, -0.2) is 28.3 Å². The fourth-order valence-electron chi connectivity index (χ4n) is 2.55. The summed E-state index contributed by atoms with van der Waals surface area (Å²) >= 11 is 0. The van der Waals surface area contributed by atoms with Crippen molar-refractivity contribution < 1.29 is 4.79 Å². The van der Waals surface area contributed by atoms with Gasteiger partial charge in [0.05, 0.1) is 17.4 Å². The first-order chi connectivity index (χ1) is 8.83. The fraction of sp³-hybridized carbons (Fsp3) is 0.429. The first-order valence-electron chi connectivity index (χ1n) is 6.52. The van der Waals surface area contributed by atoms with Gasteiger partial charge in [-0.05, 0) is 37.6 Å². The van der Waals surface area contributed by atoms with E-state index in [0.29, 0.717) is 12.5 Å². The molecule has 0 saturated carbocycles. The molecular formula is C14H17N3O. The van der Waals surface area contributed by atoms with Crippen LogP contribution in [0.1, 0.15) is 36.0 Å². The number of rotatable bonds is 3. The number of nitrogens with one attached hydrogen (secondary N) is 2. The summed E-state index contributed by atoms with van der Waals surface area (Å²) in [5, 5.41) is 3.41. The van der Waals surface area contributed by atoms with Gasteiger partial charge in [0.15, 0.2) is 5.78 Å². The molecule has 0 bridgehead atoms. The molecule has 1 aromatic heterocycles. The SMILES string of the molecule is O=C(CC1CCCCN1)c1ccc2nc[nH]c2c1. The Morgan fingerprint density at radius 2 is 2.33 bits per heavy atom. The van der Waals surface area contributed by atoms with Crippen molar-refractivity contribution in [2.24, 2.45) is 0 Å². The van der Waals surface area contributed by atoms with Gasteiger partial charge in [0.2, 0.25) is 0 Å². The molecule has 4 heteroatoms. The third kappa shape index (κ3) is 2.29. The van der Waals surface area contributed by atoms with Crippen LogP contribution in [0.2, 0.25) is 0 Å². The van der Waals surface area contributed by atoms with Crippen molar-refractivity contribution in [2.45, 2.75) is 31.7 Å². The number of hydrogen-bond donors (Lipinski definition) is 2. The molecule has 2 aromatic rings. The maximum atomic E-state index is 12.2. The molecule has 3 rings (SSSR count). The van der Waals surface area contributed by atoms with E-state index in [4.69, 9.17) is 0 Å². The van der Waals surface area contributed by atoms with E-state index in [2.05, 4.69) is 15.3 Å². The van der Waals surface area contributed by atoms with E-state index in [1.54, 1.807) is 6.33 Å². The number of carbonyl (C=O) groups is 1. The lowest BCUT2D eigenvalue weighted by Crippen LogP contribution is -2.35. The summed E-state index contributed by atoms with van der Waals surface area (Å²) in [6, 6.07) is 6.01. The Balaban J connectivity index is 1.74. The average Bonchev–Trinajstić information content (AvgIpc) is 2.87. The summed E-state index contributed by atoms with van der Waals surface area (Å²) in [6.07, 6.45) is 5.81. The number of piperidine rings is 1. The molecule has 0 radical (unpaired) electrons. The predicted molar refractivity (Wildman–Crippen MR) is 70.7 cm³/mol. The van der Waals surface area contributed by atoms with Gasteiger partial charge in [-0.15, -0.1) is 0 Å². The first kappa shape index (κ1) is 11.4. The molecular weight excluding hydrogens is 226 g/mol. The molecule has 1 atom stereocenters. The highest BCUT2D eigenvalue weighted by Gasteiger charge is 2.17. The van der Waals surface area contributed by atoms with Crippen LogP contribution in [0.15, 0.2) is 24.5 Å². The van der Waals surface area contributed by atoms with Crippen molar-refractivity contribution >= 4 is 16.8 Å². The Morgan fingerprint density at radius 1 is 1.39 bits per heavy atom. The van der Waals surface area contributed by atoms with E-state index in [1.807, 2.05) is 18.2 Å². The summed E-state index contributed by atoms with van der Waals surface area (Å²) in [5.41, 5.74) is 2.61. The zero-order valence-electron chi connectivity index (χ0n) is 10.3. The standard InChI is InChI=1S/C14H17N3O/c18-14(8-11-3-1-2-6-15-11)10-4-5-12-13(7-10)17-9-16-12/h4-5,7,9,11,15H,1-3,6,8H2,(H,16,17). The van der Waals surface area contributed by atoms with Crippen LogP contribution >= 0.6 is 0 Å². The second-order valence-electron chi connectivity index (χ2n) is 4.91. The largest absolute Gasteiger partial charge is 0.345 e. The zero-order valence-corrected chi connectivity index (χ0v) is 10.3. The van der Waals surface area contributed by atoms with Gasteiger partial charge in [-0.1, -0.05) is 6.42 Å². The average molecular weight is 243 g/mol. The van der Waals surface area contributed by atoms with E-state index in [1.165, 1.54) is 12.8 Å². The number of H-pyrrole nitrogens is 1. The molecule has 2 heterocycles. The lowest BCUT2D eigenvalue weighted by Gasteiger charge is -2.22. The number of aromatic nitrogens is 2. The normalized spacial score (nSPS) is 20.1. The van der Waals surface area contributed by atoms with Crippen LogP contribution in [0, 0.1) is 0 Å². The minimum absolute atomic E-state index is 0.214. The van der Waals surface area contributed by atoms with E-state index in [0.717, 1.165) is 29.6 Å². The number of ketones is 1. The van der Waals surface area contributed by atoms with E-state index in [9.17, 15) is 4.79 Å². The Morgan fingerprint density at radius 3 is 3.17 bits per heavy atom. The number of benzene rings is 1. The maximum Gasteiger partial charge on any atom is 0.164 e. The lowest BCUT2D eigenvalue weighted by molar-refractivity contribution is 0.0964. The molecule has 1 saturated heterocycles. The summed E-state index contributed by atoms with van der Waals surface area (Å²) in [7, 11) is 0. The van der Waals surface area contributed by atoms with Gasteiger partial charge in [-0.25, -0.2) is 4.98 Å². The second-order valence-corrected chi connectivity index (χ2v) is 4.91. The molecule has 1 unspecified atom stereocenters. The molecule has 0 amide bonds. The molecule has 4 nitrogen and oxygen atoms in total. The van der Waals surface area contributed by atoms with Gasteiger partial charge >= 0.3 is 0 Å². The molecule has 0 aliphatic carbocycles. The molecule has 1 aromatic carbocycles. The number of aromatic amines is 1. The van der Waals surface area contributed by atoms with Crippen LogP contribution in [0.25, 0.3) is 11.0 Å². The molecule has 18 heavy (non-hydrogen) atoms. The monoisotopic (exact) mass is 243 g/mol. The number of imidazole rings is 1. The Kier molecular flexibility index (Phi) is 3.11. The number of fused-ring (bicyclic) bond motifs is 1. The number of Topliss-reactive ketones (excluding diaryl/α,β-unsaturated/α-hetero) is 1. The predicted octanol–water partition coefficient (Wildman–Crippen LogP) is 2.28. The summed E-state index contributed by atoms with van der Waals surface area (Å²) < 4.78 is 0. The summed E-state index contributed by atoms with van der Waals surface area (Å²) in [6.45, 7) is 1.04. The molecule has 1 fully saturated rings. The third-order valence-corrected chi connectivity index (χ3v) is 3.59. The topological polar surface area (TPSA) is 57.8 Å². The van der Waals surface area contributed by atoms with Crippen molar-refractivity contribution in [1.29, 1.82) is 0 Å². The molecule has 2 N–H and O–H groups in total. The highest BCUT2D eigenvalue weighted by atomic mass is 16.1. The lowest BCUT2D eigenvalue weighted by atomic mass is 9.97. The minimum Gasteiger partial charge on any atom is -0.345 e. The van der Waals surface area contributed by atoms with E-state index in [-0.39, 0.29) is 5.78 Å². The van der Waals surface area contributed by atoms with Gasteiger partial charge in [0.1, 0.15) is 0 Å². The van der Waals surface area contributed by atoms with Crippen LogP contribution in [-0.2, 0) is 0 Å². The maximum absolute atomic E-state index is 12.2. The number of carbonyl (C=O) groups excluding carboxylic acids is 1. The Bertz CT molecular complexity index is 555. The van der Waals surface area contributed by atoms with Crippen LogP contribution in [0.5, 0.6) is 0 Å². The summed E-state index contributed by atoms with van der Waals surface area (Å²) in [4.78, 5) is 19.4. The van der Waals surface area contributed by atoms with E-state index < -0.39 is 0 Å². The third-order valence-electron chi connectivity index (χ3n) is 3.59. The number of hydrogen-bond acceptors (Lipinski definition) is 3. The van der Waals surface area contributed by atoms with Gasteiger partial charge in [-0.3, -0.25) is 4.79 Å². The van der Waals surface area contributed by atoms with Gasteiger partial charge in [0, 0.05) is 18.0 Å². The second kappa shape index (κ2) is 4.90. The van der Waals surface area contributed by atoms with Gasteiger partial charge < -0.3 is 10.3 Å². The van der Waals surface area contributed by atoms with Crippen molar-refractivity contribution in [1.82, 2.24) is 15.3 Å². The minimum atomic E-state index is 0.214. The van der Waals surface area contributed by atoms with Crippen molar-refractivity contribution in [2.75, 3.05) is 6.54 Å². The van der Waals surface area contributed by atoms with Gasteiger partial charge in [-0.2, -0.15) is 0 Å². The van der Waals surface area contributed by atoms with Crippen LogP contribution < -0.4 is 5.32 Å². The highest BCUT2D eigenvalue weighted by Crippen LogP contribution is 2.16. The van der Waals surface area contributed by atoms with E-state index >= 15 is 0 Å². The molecule has 1 aliphatic heterocycles. The fourth-order valence-corrected chi connectivity index (χ4v) is 2.55. The Labute approximate surface area is 106 Å². The Hall–Kier alpha value is -1.68. The highest BCUT2D eigenvalue weighted by molar-refractivity contribution is 5.99. The molecule has 94 valence electrons. The number of nitrogens with zero attached hydrogens (tertiary/aromatic N) is 1. The summed E-state index contributed by atoms with van der Waals surface area (Å²) in [5.74, 6) is 0.214. The smallest absolute Gasteiger partial charge is 0.164 e. The van der Waals surface area contributed by atoms with Crippen LogP contribution in [0.4, 0.5) is 0 Å².